The molecule has 142 valence electrons. The lowest BCUT2D eigenvalue weighted by molar-refractivity contribution is -0.384. The Morgan fingerprint density at radius 3 is 2.70 bits per heavy atom. The Morgan fingerprint density at radius 2 is 2.04 bits per heavy atom. The minimum absolute atomic E-state index is 0.00111. The smallest absolute Gasteiger partial charge is 0.303 e. The van der Waals surface area contributed by atoms with E-state index < -0.39 is 10.9 Å². The lowest BCUT2D eigenvalue weighted by Gasteiger charge is -2.35. The second kappa shape index (κ2) is 8.26. The number of nitrogens with zero attached hydrogens (tertiary/aromatic N) is 3. The number of likely N-dealkylation sites (tertiary alicyclic amines) is 1. The summed E-state index contributed by atoms with van der Waals surface area (Å²) in [6.45, 7) is 0.605. The molecule has 3 rings (SSSR count). The number of carboxylic acids is 1. The predicted octanol–water partition coefficient (Wildman–Crippen LogP) is 3.58. The topological polar surface area (TPSA) is 114 Å². The molecular formula is C18H19N3O5S. The molecule has 2 aromatic rings. The maximum absolute atomic E-state index is 12.9. The van der Waals surface area contributed by atoms with Gasteiger partial charge in [0.25, 0.3) is 11.6 Å². The third-order valence-corrected chi connectivity index (χ3v) is 5.52. The van der Waals surface area contributed by atoms with E-state index in [-0.39, 0.29) is 24.1 Å². The van der Waals surface area contributed by atoms with Crippen LogP contribution in [0.3, 0.4) is 0 Å². The highest BCUT2D eigenvalue weighted by Crippen LogP contribution is 2.28. The Labute approximate surface area is 159 Å². The van der Waals surface area contributed by atoms with Crippen LogP contribution < -0.4 is 0 Å². The van der Waals surface area contributed by atoms with Crippen LogP contribution in [-0.2, 0) is 4.79 Å². The van der Waals surface area contributed by atoms with Crippen LogP contribution in [0.15, 0.2) is 29.6 Å². The summed E-state index contributed by atoms with van der Waals surface area (Å²) in [6.07, 6.45) is 3.17. The number of carbonyl (C=O) groups is 2. The number of piperidine rings is 1. The molecule has 0 aliphatic carbocycles. The zero-order valence-electron chi connectivity index (χ0n) is 14.5. The molecule has 0 spiro atoms. The SMILES string of the molecule is O=C(O)CCC1CCCCN1C(=O)c1csc(-c2ccc([N+](=O)[O-])cc2)n1. The van der Waals surface area contributed by atoms with Gasteiger partial charge in [0.15, 0.2) is 0 Å². The first-order valence-electron chi connectivity index (χ1n) is 8.69. The van der Waals surface area contributed by atoms with Gasteiger partial charge in [0.2, 0.25) is 0 Å². The number of aromatic nitrogens is 1. The molecule has 1 aromatic carbocycles. The third kappa shape index (κ3) is 4.48. The first-order chi connectivity index (χ1) is 13.0. The highest BCUT2D eigenvalue weighted by atomic mass is 32.1. The van der Waals surface area contributed by atoms with Crippen molar-refractivity contribution in [3.8, 4) is 10.6 Å². The molecule has 8 nitrogen and oxygen atoms in total. The van der Waals surface area contributed by atoms with Crippen LogP contribution >= 0.6 is 11.3 Å². The Balaban J connectivity index is 1.75. The molecule has 1 aliphatic rings. The molecule has 2 heterocycles. The number of hydrogen-bond donors (Lipinski definition) is 1. The van der Waals surface area contributed by atoms with Crippen molar-refractivity contribution in [1.82, 2.24) is 9.88 Å². The molecule has 1 aromatic heterocycles. The van der Waals surface area contributed by atoms with Crippen LogP contribution in [0, 0.1) is 10.1 Å². The summed E-state index contributed by atoms with van der Waals surface area (Å²) < 4.78 is 0. The van der Waals surface area contributed by atoms with Crippen LogP contribution in [0.5, 0.6) is 0 Å². The zero-order chi connectivity index (χ0) is 19.4. The van der Waals surface area contributed by atoms with Gasteiger partial charge in [0, 0.05) is 42.1 Å². The van der Waals surface area contributed by atoms with Crippen LogP contribution in [0.1, 0.15) is 42.6 Å². The standard InChI is InChI=1S/C18H19N3O5S/c22-16(23)9-8-13-3-1-2-10-20(13)18(24)15-11-27-17(19-15)12-4-6-14(7-5-12)21(25)26/h4-7,11,13H,1-3,8-10H2,(H,22,23). The zero-order valence-corrected chi connectivity index (χ0v) is 15.4. The number of aliphatic carboxylic acids is 1. The molecule has 1 atom stereocenters. The van der Waals surface area contributed by atoms with Gasteiger partial charge in [-0.3, -0.25) is 19.7 Å². The maximum atomic E-state index is 12.9. The first-order valence-corrected chi connectivity index (χ1v) is 9.57. The molecule has 1 N–H and O–H groups in total. The summed E-state index contributed by atoms with van der Waals surface area (Å²) in [6, 6.07) is 5.96. The van der Waals surface area contributed by atoms with Crippen molar-refractivity contribution in [2.24, 2.45) is 0 Å². The van der Waals surface area contributed by atoms with Gasteiger partial charge in [-0.05, 0) is 37.8 Å². The molecule has 1 amide bonds. The largest absolute Gasteiger partial charge is 0.481 e. The summed E-state index contributed by atoms with van der Waals surface area (Å²) in [7, 11) is 0. The molecule has 1 unspecified atom stereocenters. The number of non-ortho nitro benzene ring substituents is 1. The summed E-state index contributed by atoms with van der Waals surface area (Å²) in [5.41, 5.74) is 1.04. The van der Waals surface area contributed by atoms with Crippen molar-refractivity contribution in [2.45, 2.75) is 38.1 Å². The molecule has 0 radical (unpaired) electrons. The molecule has 1 fully saturated rings. The van der Waals surface area contributed by atoms with Gasteiger partial charge in [-0.15, -0.1) is 11.3 Å². The molecule has 1 aliphatic heterocycles. The maximum Gasteiger partial charge on any atom is 0.303 e. The molecule has 0 saturated carbocycles. The Kier molecular flexibility index (Phi) is 5.80. The monoisotopic (exact) mass is 389 g/mol. The number of thiazole rings is 1. The second-order valence-corrected chi connectivity index (χ2v) is 7.28. The van der Waals surface area contributed by atoms with Crippen molar-refractivity contribution in [3.63, 3.8) is 0 Å². The lowest BCUT2D eigenvalue weighted by Crippen LogP contribution is -2.44. The fourth-order valence-electron chi connectivity index (χ4n) is 3.24. The van der Waals surface area contributed by atoms with Crippen molar-refractivity contribution < 1.29 is 19.6 Å². The Hall–Kier alpha value is -2.81. The number of benzene rings is 1. The first kappa shape index (κ1) is 19.0. The van der Waals surface area contributed by atoms with E-state index in [0.717, 1.165) is 19.3 Å². The van der Waals surface area contributed by atoms with Crippen molar-refractivity contribution in [3.05, 3.63) is 45.5 Å². The summed E-state index contributed by atoms with van der Waals surface area (Å²) in [5, 5.41) is 22.0. The lowest BCUT2D eigenvalue weighted by atomic mass is 9.97. The van der Waals surface area contributed by atoms with Gasteiger partial charge >= 0.3 is 5.97 Å². The average molecular weight is 389 g/mol. The highest BCUT2D eigenvalue weighted by molar-refractivity contribution is 7.13. The van der Waals surface area contributed by atoms with E-state index in [1.807, 2.05) is 0 Å². The second-order valence-electron chi connectivity index (χ2n) is 6.42. The average Bonchev–Trinajstić information content (AvgIpc) is 3.16. The molecule has 27 heavy (non-hydrogen) atoms. The van der Waals surface area contributed by atoms with Crippen LogP contribution in [-0.4, -0.2) is 44.4 Å². The van der Waals surface area contributed by atoms with E-state index in [2.05, 4.69) is 4.98 Å². The van der Waals surface area contributed by atoms with Gasteiger partial charge < -0.3 is 10.0 Å². The number of nitro benzene ring substituents is 1. The third-order valence-electron chi connectivity index (χ3n) is 4.63. The number of nitro groups is 1. The van der Waals surface area contributed by atoms with Crippen LogP contribution in [0.25, 0.3) is 10.6 Å². The van der Waals surface area contributed by atoms with E-state index in [1.165, 1.54) is 23.5 Å². The van der Waals surface area contributed by atoms with E-state index in [0.29, 0.717) is 29.2 Å². The number of carboxylic acid groups (broad SMARTS) is 1. The molecule has 9 heteroatoms. The van der Waals surface area contributed by atoms with Crippen LogP contribution in [0.2, 0.25) is 0 Å². The summed E-state index contributed by atoms with van der Waals surface area (Å²) in [4.78, 5) is 40.2. The number of amides is 1. The van der Waals surface area contributed by atoms with Gasteiger partial charge in [-0.1, -0.05) is 0 Å². The van der Waals surface area contributed by atoms with Crippen LogP contribution in [0.4, 0.5) is 5.69 Å². The summed E-state index contributed by atoms with van der Waals surface area (Å²) in [5.74, 6) is -1.04. The number of carbonyl (C=O) groups excluding carboxylic acids is 1. The Morgan fingerprint density at radius 1 is 1.30 bits per heavy atom. The fraction of sp³-hybridized carbons (Fsp3) is 0.389. The van der Waals surface area contributed by atoms with Gasteiger partial charge in [0.05, 0.1) is 4.92 Å². The van der Waals surface area contributed by atoms with E-state index in [1.54, 1.807) is 22.4 Å². The van der Waals surface area contributed by atoms with Gasteiger partial charge in [-0.2, -0.15) is 0 Å². The van der Waals surface area contributed by atoms with Crippen molar-refractivity contribution >= 4 is 28.9 Å². The number of rotatable bonds is 6. The molecule has 1 saturated heterocycles. The summed E-state index contributed by atoms with van der Waals surface area (Å²) >= 11 is 1.31. The minimum atomic E-state index is -0.859. The van der Waals surface area contributed by atoms with E-state index >= 15 is 0 Å². The Bertz CT molecular complexity index is 849. The normalized spacial score (nSPS) is 16.9. The van der Waals surface area contributed by atoms with Crippen molar-refractivity contribution in [1.29, 1.82) is 0 Å². The fourth-order valence-corrected chi connectivity index (χ4v) is 4.04. The van der Waals surface area contributed by atoms with E-state index in [4.69, 9.17) is 5.11 Å². The molecular weight excluding hydrogens is 370 g/mol. The molecule has 0 bridgehead atoms. The van der Waals surface area contributed by atoms with E-state index in [9.17, 15) is 19.7 Å². The van der Waals surface area contributed by atoms with Gasteiger partial charge in [-0.25, -0.2) is 4.98 Å². The van der Waals surface area contributed by atoms with Crippen molar-refractivity contribution in [2.75, 3.05) is 6.54 Å². The van der Waals surface area contributed by atoms with Gasteiger partial charge in [0.1, 0.15) is 10.7 Å². The highest BCUT2D eigenvalue weighted by Gasteiger charge is 2.29. The quantitative estimate of drug-likeness (QED) is 0.597. The minimum Gasteiger partial charge on any atom is -0.481 e. The predicted molar refractivity (Wildman–Crippen MR) is 99.7 cm³/mol. The number of hydrogen-bond acceptors (Lipinski definition) is 6.